The Morgan fingerprint density at radius 2 is 1.93 bits per heavy atom. The zero-order valence-corrected chi connectivity index (χ0v) is 9.33. The first-order valence-corrected chi connectivity index (χ1v) is 5.68. The molecule has 0 fully saturated rings. The molecule has 0 radical (unpaired) electrons. The van der Waals surface area contributed by atoms with E-state index in [9.17, 15) is 0 Å². The normalized spacial score (nSPS) is 9.43. The molecule has 0 amide bonds. The summed E-state index contributed by atoms with van der Waals surface area (Å²) in [5.74, 6) is 0. The molecule has 2 N–H and O–H groups in total. The summed E-state index contributed by atoms with van der Waals surface area (Å²) >= 11 is 0. The third-order valence-electron chi connectivity index (χ3n) is 1.70. The molecule has 1 aromatic heterocycles. The summed E-state index contributed by atoms with van der Waals surface area (Å²) in [7, 11) is -2.62. The smallest absolute Gasteiger partial charge is 0.198 e. The lowest BCUT2D eigenvalue weighted by molar-refractivity contribution is 0.616. The summed E-state index contributed by atoms with van der Waals surface area (Å²) in [5, 5.41) is 4.06. The zero-order valence-electron chi connectivity index (χ0n) is 8.43. The van der Waals surface area contributed by atoms with E-state index < -0.39 is 10.9 Å². The first-order valence-electron chi connectivity index (χ1n) is 4.43. The van der Waals surface area contributed by atoms with Crippen molar-refractivity contribution in [3.8, 4) is 0 Å². The zero-order chi connectivity index (χ0) is 11.0. The molecule has 1 aromatic rings. The molecule has 0 unspecified atom stereocenters. The van der Waals surface area contributed by atoms with Gasteiger partial charge in [-0.2, -0.15) is 0 Å². The van der Waals surface area contributed by atoms with Crippen LogP contribution >= 0.6 is 0 Å². The van der Waals surface area contributed by atoms with Gasteiger partial charge in [0.05, 0.1) is 0 Å². The van der Waals surface area contributed by atoms with Gasteiger partial charge in [0.1, 0.15) is 0 Å². The fourth-order valence-electron chi connectivity index (χ4n) is 1.11. The van der Waals surface area contributed by atoms with E-state index in [-0.39, 0.29) is 0 Å². The summed E-state index contributed by atoms with van der Waals surface area (Å²) < 4.78 is 17.6. The van der Waals surface area contributed by atoms with E-state index in [4.69, 9.17) is 8.42 Å². The van der Waals surface area contributed by atoms with Crippen LogP contribution in [0.1, 0.15) is 25.1 Å². The molecule has 0 aliphatic rings. The van der Waals surface area contributed by atoms with E-state index in [2.05, 4.69) is 30.0 Å². The Morgan fingerprint density at radius 1 is 1.36 bits per heavy atom. The summed E-state index contributed by atoms with van der Waals surface area (Å²) in [6, 6.07) is 4.14. The minimum Gasteiger partial charge on any atom is -0.261 e. The molecule has 0 atom stereocenters. The van der Waals surface area contributed by atoms with Crippen LogP contribution in [0.5, 0.6) is 0 Å². The average Bonchev–Trinajstić information content (AvgIpc) is 2.17. The van der Waals surface area contributed by atoms with Crippen LogP contribution in [-0.2, 0) is 23.7 Å². The van der Waals surface area contributed by atoms with Gasteiger partial charge >= 0.3 is 0 Å². The molecule has 4 nitrogen and oxygen atoms in total. The van der Waals surface area contributed by atoms with Gasteiger partial charge in [-0.25, -0.2) is 13.6 Å². The van der Waals surface area contributed by atoms with Crippen molar-refractivity contribution >= 4 is 10.9 Å². The first-order chi connectivity index (χ1) is 6.61. The maximum absolute atomic E-state index is 8.81. The SMILES string of the molecule is CCc1cccnc1CC.N[SH](=O)=O. The highest BCUT2D eigenvalue weighted by molar-refractivity contribution is 7.69. The number of aryl methyl sites for hydroxylation is 2. The molecule has 0 bridgehead atoms. The Kier molecular flexibility index (Phi) is 6.96. The predicted octanol–water partition coefficient (Wildman–Crippen LogP) is 0.678. The van der Waals surface area contributed by atoms with Gasteiger partial charge in [0.15, 0.2) is 10.9 Å². The van der Waals surface area contributed by atoms with Crippen LogP contribution in [0.25, 0.3) is 0 Å². The molecule has 1 heterocycles. The van der Waals surface area contributed by atoms with Gasteiger partial charge in [-0.05, 0) is 24.5 Å². The second-order valence-corrected chi connectivity index (χ2v) is 3.17. The van der Waals surface area contributed by atoms with Crippen molar-refractivity contribution < 1.29 is 8.42 Å². The molecule has 14 heavy (non-hydrogen) atoms. The molecular formula is C9H16N2O2S. The Labute approximate surface area is 86.2 Å². The molecule has 0 saturated heterocycles. The van der Waals surface area contributed by atoms with Gasteiger partial charge in [-0.3, -0.25) is 4.98 Å². The quantitative estimate of drug-likeness (QED) is 0.714. The Morgan fingerprint density at radius 3 is 2.29 bits per heavy atom. The number of aromatic nitrogens is 1. The van der Waals surface area contributed by atoms with Crippen LogP contribution in [0, 0.1) is 0 Å². The van der Waals surface area contributed by atoms with E-state index in [0.717, 1.165) is 12.8 Å². The summed E-state index contributed by atoms with van der Waals surface area (Å²) in [6.45, 7) is 4.30. The summed E-state index contributed by atoms with van der Waals surface area (Å²) in [6.07, 6.45) is 4.00. The van der Waals surface area contributed by atoms with Gasteiger partial charge < -0.3 is 0 Å². The molecular weight excluding hydrogens is 200 g/mol. The van der Waals surface area contributed by atoms with Crippen molar-refractivity contribution in [2.24, 2.45) is 5.14 Å². The third kappa shape index (κ3) is 5.66. The molecule has 80 valence electrons. The van der Waals surface area contributed by atoms with E-state index in [1.165, 1.54) is 11.3 Å². The molecule has 0 aliphatic heterocycles. The molecule has 5 heteroatoms. The minimum atomic E-state index is -2.62. The Hall–Kier alpha value is -0.940. The van der Waals surface area contributed by atoms with Gasteiger partial charge in [-0.15, -0.1) is 0 Å². The fourth-order valence-corrected chi connectivity index (χ4v) is 1.11. The molecule has 0 saturated carbocycles. The highest BCUT2D eigenvalue weighted by Crippen LogP contribution is 2.05. The maximum Gasteiger partial charge on any atom is 0.198 e. The van der Waals surface area contributed by atoms with Gasteiger partial charge in [-0.1, -0.05) is 19.9 Å². The van der Waals surface area contributed by atoms with Crippen molar-refractivity contribution in [3.05, 3.63) is 29.6 Å². The van der Waals surface area contributed by atoms with Crippen molar-refractivity contribution in [2.75, 3.05) is 0 Å². The van der Waals surface area contributed by atoms with Gasteiger partial charge in [0.2, 0.25) is 0 Å². The molecule has 0 spiro atoms. The van der Waals surface area contributed by atoms with E-state index in [1.807, 2.05) is 12.3 Å². The van der Waals surface area contributed by atoms with Crippen LogP contribution < -0.4 is 5.14 Å². The summed E-state index contributed by atoms with van der Waals surface area (Å²) in [4.78, 5) is 4.27. The maximum atomic E-state index is 8.81. The largest absolute Gasteiger partial charge is 0.261 e. The van der Waals surface area contributed by atoms with Crippen LogP contribution in [0.3, 0.4) is 0 Å². The number of hydrogen-bond acceptors (Lipinski definition) is 3. The lowest BCUT2D eigenvalue weighted by atomic mass is 10.1. The number of nitrogens with zero attached hydrogens (tertiary/aromatic N) is 1. The van der Waals surface area contributed by atoms with E-state index >= 15 is 0 Å². The highest BCUT2D eigenvalue weighted by atomic mass is 32.2. The fraction of sp³-hybridized carbons (Fsp3) is 0.444. The van der Waals surface area contributed by atoms with Crippen molar-refractivity contribution in [3.63, 3.8) is 0 Å². The molecule has 0 aromatic carbocycles. The van der Waals surface area contributed by atoms with Crippen LogP contribution in [0.15, 0.2) is 18.3 Å². The van der Waals surface area contributed by atoms with Crippen LogP contribution in [0.4, 0.5) is 0 Å². The monoisotopic (exact) mass is 216 g/mol. The number of thiol groups is 1. The van der Waals surface area contributed by atoms with Crippen LogP contribution in [0.2, 0.25) is 0 Å². The van der Waals surface area contributed by atoms with Crippen molar-refractivity contribution in [1.82, 2.24) is 4.98 Å². The minimum absolute atomic E-state index is 1.05. The number of pyridine rings is 1. The lowest BCUT2D eigenvalue weighted by Gasteiger charge is -2.01. The third-order valence-corrected chi connectivity index (χ3v) is 1.70. The van der Waals surface area contributed by atoms with Crippen molar-refractivity contribution in [2.45, 2.75) is 26.7 Å². The second-order valence-electron chi connectivity index (χ2n) is 2.60. The first kappa shape index (κ1) is 13.1. The number of hydrogen-bond donors (Lipinski definition) is 2. The Bertz CT molecular complexity index is 306. The highest BCUT2D eigenvalue weighted by Gasteiger charge is 1.95. The van der Waals surface area contributed by atoms with E-state index in [1.54, 1.807) is 0 Å². The predicted molar refractivity (Wildman–Crippen MR) is 57.5 cm³/mol. The number of rotatable bonds is 2. The standard InChI is InChI=1S/C9H13N.H3NO2S/c1-3-8-6-5-7-10-9(8)4-2;1-4(2)3/h5-7H,3-4H2,1-2H3;4H,(H2,1,2,3). The topological polar surface area (TPSA) is 73.0 Å². The van der Waals surface area contributed by atoms with Gasteiger partial charge in [0, 0.05) is 11.9 Å². The van der Waals surface area contributed by atoms with Crippen LogP contribution in [-0.4, -0.2) is 13.4 Å². The Balaban J connectivity index is 0.000000364. The van der Waals surface area contributed by atoms with Crippen molar-refractivity contribution in [1.29, 1.82) is 0 Å². The molecule has 0 aliphatic carbocycles. The second kappa shape index (κ2) is 7.46. The average molecular weight is 216 g/mol. The number of nitrogens with two attached hydrogens (primary N) is 1. The molecule has 1 rings (SSSR count). The lowest BCUT2D eigenvalue weighted by Crippen LogP contribution is -1.92. The van der Waals surface area contributed by atoms with Gasteiger partial charge in [0.25, 0.3) is 0 Å². The summed E-state index contributed by atoms with van der Waals surface area (Å²) in [5.41, 5.74) is 2.62. The van der Waals surface area contributed by atoms with E-state index in [0.29, 0.717) is 0 Å².